The van der Waals surface area contributed by atoms with Gasteiger partial charge in [0.2, 0.25) is 5.88 Å². The van der Waals surface area contributed by atoms with Crippen LogP contribution in [0.4, 0.5) is 11.5 Å². The lowest BCUT2D eigenvalue weighted by atomic mass is 10.2. The van der Waals surface area contributed by atoms with Crippen LogP contribution in [0, 0.1) is 5.92 Å². The molecule has 3 N–H and O–H groups in total. The number of nitrogens with zero attached hydrogens (tertiary/aromatic N) is 2. The molecule has 1 aromatic heterocycles. The van der Waals surface area contributed by atoms with E-state index < -0.39 is 0 Å². The first-order valence-corrected chi connectivity index (χ1v) is 8.49. The zero-order valence-electron chi connectivity index (χ0n) is 14.8. The van der Waals surface area contributed by atoms with Crippen LogP contribution in [0.25, 0.3) is 0 Å². The van der Waals surface area contributed by atoms with E-state index in [0.717, 1.165) is 18.8 Å². The lowest BCUT2D eigenvalue weighted by molar-refractivity contribution is 0.261. The second-order valence-electron chi connectivity index (χ2n) is 6.50. The number of aromatic nitrogens is 2. The van der Waals surface area contributed by atoms with E-state index in [2.05, 4.69) is 49.9 Å². The van der Waals surface area contributed by atoms with Gasteiger partial charge in [-0.15, -0.1) is 0 Å². The molecule has 0 unspecified atom stereocenters. The molecule has 0 bridgehead atoms. The summed E-state index contributed by atoms with van der Waals surface area (Å²) in [6.45, 7) is 12.0. The lowest BCUT2D eigenvalue weighted by Crippen LogP contribution is -2.14. The number of nitrogens with two attached hydrogens (primary N) is 1. The fourth-order valence-corrected chi connectivity index (χ4v) is 1.97. The molecule has 0 amide bonds. The van der Waals surface area contributed by atoms with Crippen LogP contribution in [-0.4, -0.2) is 23.1 Å². The van der Waals surface area contributed by atoms with E-state index in [0.29, 0.717) is 29.9 Å². The van der Waals surface area contributed by atoms with Gasteiger partial charge in [0.25, 0.3) is 0 Å². The average Bonchev–Trinajstić information content (AvgIpc) is 2.46. The topological polar surface area (TPSA) is 73.1 Å². The highest BCUT2D eigenvalue weighted by Gasteiger charge is 2.15. The minimum absolute atomic E-state index is 0.239. The molecule has 5 heteroatoms. The van der Waals surface area contributed by atoms with Gasteiger partial charge in [0.1, 0.15) is 11.5 Å². The zero-order chi connectivity index (χ0) is 16.5. The van der Waals surface area contributed by atoms with Crippen molar-refractivity contribution < 1.29 is 4.74 Å². The van der Waals surface area contributed by atoms with Crippen molar-refractivity contribution in [3.8, 4) is 5.88 Å². The number of rotatable bonds is 10. The molecule has 5 nitrogen and oxygen atoms in total. The van der Waals surface area contributed by atoms with Crippen molar-refractivity contribution in [1.29, 1.82) is 0 Å². The Morgan fingerprint density at radius 3 is 2.41 bits per heavy atom. The molecule has 0 aromatic carbocycles. The minimum atomic E-state index is 0.239. The summed E-state index contributed by atoms with van der Waals surface area (Å²) in [7, 11) is 0. The van der Waals surface area contributed by atoms with Crippen LogP contribution in [0.15, 0.2) is 0 Å². The third-order valence-corrected chi connectivity index (χ3v) is 3.32. The van der Waals surface area contributed by atoms with Gasteiger partial charge >= 0.3 is 0 Å². The van der Waals surface area contributed by atoms with Crippen molar-refractivity contribution in [3.05, 3.63) is 5.82 Å². The van der Waals surface area contributed by atoms with Gasteiger partial charge in [-0.05, 0) is 12.3 Å². The van der Waals surface area contributed by atoms with Gasteiger partial charge in [-0.2, -0.15) is 4.98 Å². The van der Waals surface area contributed by atoms with Crippen LogP contribution in [-0.2, 0) is 0 Å². The predicted octanol–water partition coefficient (Wildman–Crippen LogP) is 4.21. The van der Waals surface area contributed by atoms with Crippen LogP contribution in [0.3, 0.4) is 0 Å². The molecule has 0 aliphatic rings. The lowest BCUT2D eigenvalue weighted by Gasteiger charge is -2.16. The Morgan fingerprint density at radius 2 is 1.82 bits per heavy atom. The van der Waals surface area contributed by atoms with Gasteiger partial charge in [0.15, 0.2) is 5.82 Å². The summed E-state index contributed by atoms with van der Waals surface area (Å²) < 4.78 is 5.76. The van der Waals surface area contributed by atoms with Gasteiger partial charge in [-0.25, -0.2) is 4.98 Å². The maximum Gasteiger partial charge on any atom is 0.242 e. The van der Waals surface area contributed by atoms with E-state index in [1.807, 2.05) is 0 Å². The fourth-order valence-electron chi connectivity index (χ4n) is 1.97. The summed E-state index contributed by atoms with van der Waals surface area (Å²) in [5.74, 6) is 2.64. The van der Waals surface area contributed by atoms with Crippen LogP contribution in [0.2, 0.25) is 0 Å². The van der Waals surface area contributed by atoms with Crippen molar-refractivity contribution >= 4 is 11.5 Å². The Kier molecular flexibility index (Phi) is 7.99. The maximum atomic E-state index is 6.17. The van der Waals surface area contributed by atoms with Crippen molar-refractivity contribution in [2.45, 2.75) is 66.2 Å². The molecule has 0 aliphatic carbocycles. The summed E-state index contributed by atoms with van der Waals surface area (Å²) in [6.07, 6.45) is 4.85. The highest BCUT2D eigenvalue weighted by atomic mass is 16.5. The Balaban J connectivity index is 2.80. The monoisotopic (exact) mass is 308 g/mol. The minimum Gasteiger partial charge on any atom is -0.476 e. The van der Waals surface area contributed by atoms with Gasteiger partial charge in [0.05, 0.1) is 6.61 Å². The van der Waals surface area contributed by atoms with Crippen LogP contribution in [0.5, 0.6) is 5.88 Å². The summed E-state index contributed by atoms with van der Waals surface area (Å²) in [4.78, 5) is 9.01. The average molecular weight is 308 g/mol. The number of hydrogen-bond donors (Lipinski definition) is 2. The molecule has 22 heavy (non-hydrogen) atoms. The van der Waals surface area contributed by atoms with E-state index in [1.54, 1.807) is 0 Å². The normalized spacial score (nSPS) is 11.2. The number of ether oxygens (including phenoxy) is 1. The van der Waals surface area contributed by atoms with Gasteiger partial charge < -0.3 is 15.8 Å². The SMILES string of the molecule is CCCCCCNc1nc(C(C)C)nc(OCC(C)C)c1N. The van der Waals surface area contributed by atoms with Crippen LogP contribution >= 0.6 is 0 Å². The molecule has 1 heterocycles. The van der Waals surface area contributed by atoms with Crippen LogP contribution in [0.1, 0.15) is 72.0 Å². The Labute approximate surface area is 135 Å². The highest BCUT2D eigenvalue weighted by molar-refractivity contribution is 5.67. The predicted molar refractivity (Wildman–Crippen MR) is 93.5 cm³/mol. The molecule has 0 radical (unpaired) electrons. The second-order valence-corrected chi connectivity index (χ2v) is 6.50. The van der Waals surface area contributed by atoms with Crippen molar-refractivity contribution in [2.75, 3.05) is 24.2 Å². The van der Waals surface area contributed by atoms with E-state index in [-0.39, 0.29) is 5.92 Å². The van der Waals surface area contributed by atoms with Crippen molar-refractivity contribution in [3.63, 3.8) is 0 Å². The number of nitrogen functional groups attached to an aromatic ring is 1. The molecule has 126 valence electrons. The molecular formula is C17H32N4O. The van der Waals surface area contributed by atoms with Gasteiger partial charge in [-0.3, -0.25) is 0 Å². The second kappa shape index (κ2) is 9.49. The molecule has 0 spiro atoms. The Morgan fingerprint density at radius 1 is 1.09 bits per heavy atom. The molecule has 0 atom stereocenters. The smallest absolute Gasteiger partial charge is 0.242 e. The third-order valence-electron chi connectivity index (χ3n) is 3.32. The van der Waals surface area contributed by atoms with E-state index in [1.165, 1.54) is 19.3 Å². The number of unbranched alkanes of at least 4 members (excludes halogenated alkanes) is 3. The Hall–Kier alpha value is -1.52. The fraction of sp³-hybridized carbons (Fsp3) is 0.765. The van der Waals surface area contributed by atoms with Crippen molar-refractivity contribution in [1.82, 2.24) is 9.97 Å². The maximum absolute atomic E-state index is 6.17. The molecule has 0 saturated carbocycles. The molecule has 1 rings (SSSR count). The summed E-state index contributed by atoms with van der Waals surface area (Å²) >= 11 is 0. The Bertz CT molecular complexity index is 447. The first kappa shape index (κ1) is 18.5. The number of hydrogen-bond acceptors (Lipinski definition) is 5. The molecule has 0 fully saturated rings. The quantitative estimate of drug-likeness (QED) is 0.633. The third kappa shape index (κ3) is 6.08. The van der Waals surface area contributed by atoms with Crippen LogP contribution < -0.4 is 15.8 Å². The van der Waals surface area contributed by atoms with E-state index in [9.17, 15) is 0 Å². The summed E-state index contributed by atoms with van der Waals surface area (Å²) in [5.41, 5.74) is 6.68. The first-order valence-electron chi connectivity index (χ1n) is 8.49. The van der Waals surface area contributed by atoms with Crippen molar-refractivity contribution in [2.24, 2.45) is 5.92 Å². The number of nitrogens with one attached hydrogen (secondary N) is 1. The standard InChI is InChI=1S/C17H32N4O/c1-6-7-8-9-10-19-16-14(18)17(22-11-12(2)3)21-15(20-16)13(4)5/h12-13H,6-11,18H2,1-5H3,(H,19,20,21). The molecule has 1 aromatic rings. The zero-order valence-corrected chi connectivity index (χ0v) is 14.8. The molecule has 0 saturated heterocycles. The number of anilines is 2. The van der Waals surface area contributed by atoms with E-state index in [4.69, 9.17) is 10.5 Å². The molecular weight excluding hydrogens is 276 g/mol. The largest absolute Gasteiger partial charge is 0.476 e. The highest BCUT2D eigenvalue weighted by Crippen LogP contribution is 2.28. The van der Waals surface area contributed by atoms with Gasteiger partial charge in [0, 0.05) is 12.5 Å². The summed E-state index contributed by atoms with van der Waals surface area (Å²) in [6, 6.07) is 0. The molecule has 0 aliphatic heterocycles. The van der Waals surface area contributed by atoms with Gasteiger partial charge in [-0.1, -0.05) is 53.9 Å². The van der Waals surface area contributed by atoms with E-state index >= 15 is 0 Å². The summed E-state index contributed by atoms with van der Waals surface area (Å²) in [5, 5.41) is 3.34. The first-order chi connectivity index (χ1) is 10.5.